The molecule has 0 saturated carbocycles. The van der Waals surface area contributed by atoms with Gasteiger partial charge in [0, 0.05) is 45.9 Å². The Morgan fingerprint density at radius 2 is 1.93 bits per heavy atom. The fourth-order valence-corrected chi connectivity index (χ4v) is 3.75. The average molecular weight is 386 g/mol. The van der Waals surface area contributed by atoms with Crippen LogP contribution in [0.1, 0.15) is 24.0 Å². The molecule has 1 aromatic carbocycles. The molecule has 1 aromatic rings. The topological polar surface area (TPSA) is 46.5 Å². The Balaban J connectivity index is 1.74. The van der Waals surface area contributed by atoms with Gasteiger partial charge in [-0.15, -0.1) is 13.2 Å². The number of ether oxygens (including phenoxy) is 3. The number of methoxy groups -OCH3 is 1. The van der Waals surface area contributed by atoms with Crippen molar-refractivity contribution in [1.29, 1.82) is 0 Å². The predicted octanol–water partition coefficient (Wildman–Crippen LogP) is 3.23. The molecule has 1 saturated heterocycles. The summed E-state index contributed by atoms with van der Waals surface area (Å²) in [6.07, 6.45) is 8.89. The second-order valence-electron chi connectivity index (χ2n) is 7.16. The number of hydrazone groups is 1. The fraction of sp³-hybridized carbons (Fsp3) is 0.500. The van der Waals surface area contributed by atoms with Gasteiger partial charge in [0.05, 0.1) is 12.6 Å². The lowest BCUT2D eigenvalue weighted by Crippen LogP contribution is -2.28. The van der Waals surface area contributed by atoms with Gasteiger partial charge in [0.2, 0.25) is 6.79 Å². The third kappa shape index (κ3) is 5.14. The molecule has 0 aromatic heterocycles. The minimum Gasteiger partial charge on any atom is -0.454 e. The molecular weight excluding hydrogens is 354 g/mol. The SMILES string of the molecule is C=CCN(CC=C)Cc1cc2c(cc1C/C=N/N1CCC[C@H]1COC)OCO2. The van der Waals surface area contributed by atoms with Crippen molar-refractivity contribution in [2.45, 2.75) is 31.8 Å². The van der Waals surface area contributed by atoms with Crippen LogP contribution < -0.4 is 9.47 Å². The largest absolute Gasteiger partial charge is 0.454 e. The maximum absolute atomic E-state index is 5.59. The van der Waals surface area contributed by atoms with Crippen LogP contribution in [0, 0.1) is 0 Å². The first-order valence-corrected chi connectivity index (χ1v) is 9.88. The third-order valence-electron chi connectivity index (χ3n) is 5.11. The van der Waals surface area contributed by atoms with Crippen molar-refractivity contribution in [3.8, 4) is 11.5 Å². The summed E-state index contributed by atoms with van der Waals surface area (Å²) in [5.74, 6) is 1.62. The molecule has 0 aliphatic carbocycles. The summed E-state index contributed by atoms with van der Waals surface area (Å²) in [6, 6.07) is 4.56. The van der Waals surface area contributed by atoms with E-state index < -0.39 is 0 Å². The van der Waals surface area contributed by atoms with Crippen molar-refractivity contribution in [2.24, 2.45) is 5.10 Å². The second kappa shape index (κ2) is 10.3. The molecule has 0 N–H and O–H groups in total. The summed E-state index contributed by atoms with van der Waals surface area (Å²) >= 11 is 0. The van der Waals surface area contributed by atoms with Crippen molar-refractivity contribution in [2.75, 3.05) is 40.1 Å². The molecule has 3 rings (SSSR count). The number of hydrogen-bond acceptors (Lipinski definition) is 6. The molecule has 6 nitrogen and oxygen atoms in total. The van der Waals surface area contributed by atoms with E-state index >= 15 is 0 Å². The van der Waals surface area contributed by atoms with Gasteiger partial charge in [-0.05, 0) is 36.1 Å². The first-order chi connectivity index (χ1) is 13.7. The molecule has 2 aliphatic rings. The Morgan fingerprint density at radius 3 is 2.61 bits per heavy atom. The van der Waals surface area contributed by atoms with Crippen LogP contribution in [0.15, 0.2) is 42.5 Å². The van der Waals surface area contributed by atoms with Crippen molar-refractivity contribution in [3.63, 3.8) is 0 Å². The van der Waals surface area contributed by atoms with Crippen molar-refractivity contribution in [1.82, 2.24) is 9.91 Å². The van der Waals surface area contributed by atoms with Gasteiger partial charge in [-0.25, -0.2) is 0 Å². The fourth-order valence-electron chi connectivity index (χ4n) is 3.75. The number of rotatable bonds is 11. The van der Waals surface area contributed by atoms with Gasteiger partial charge >= 0.3 is 0 Å². The van der Waals surface area contributed by atoms with E-state index in [2.05, 4.69) is 35.2 Å². The molecule has 0 unspecified atom stereocenters. The van der Waals surface area contributed by atoms with Gasteiger partial charge in [0.1, 0.15) is 0 Å². The van der Waals surface area contributed by atoms with Crippen LogP contribution in [0.4, 0.5) is 0 Å². The predicted molar refractivity (Wildman–Crippen MR) is 112 cm³/mol. The molecule has 2 aliphatic heterocycles. The van der Waals surface area contributed by atoms with Crippen molar-refractivity contribution < 1.29 is 14.2 Å². The van der Waals surface area contributed by atoms with Gasteiger partial charge in [0.15, 0.2) is 11.5 Å². The normalized spacial score (nSPS) is 18.4. The smallest absolute Gasteiger partial charge is 0.231 e. The summed E-state index contributed by atoms with van der Waals surface area (Å²) in [7, 11) is 1.75. The summed E-state index contributed by atoms with van der Waals surface area (Å²) in [5, 5.41) is 6.87. The van der Waals surface area contributed by atoms with E-state index in [9.17, 15) is 0 Å². The standard InChI is InChI=1S/C22H31N3O3/c1-4-10-24(11-5-2)15-19-14-22-21(27-17-28-22)13-18(19)8-9-23-25-12-6-7-20(25)16-26-3/h4-5,9,13-14,20H,1-2,6-8,10-12,15-17H2,3H3/b23-9+/t20-/m0/s1. The minimum absolute atomic E-state index is 0.280. The Bertz CT molecular complexity index is 695. The molecule has 28 heavy (non-hydrogen) atoms. The van der Waals surface area contributed by atoms with Crippen LogP contribution in [0.3, 0.4) is 0 Å². The zero-order valence-electron chi connectivity index (χ0n) is 16.8. The highest BCUT2D eigenvalue weighted by Gasteiger charge is 2.23. The van der Waals surface area contributed by atoms with Crippen LogP contribution in [-0.2, 0) is 17.7 Å². The van der Waals surface area contributed by atoms with E-state index in [1.807, 2.05) is 18.4 Å². The molecule has 0 radical (unpaired) electrons. The summed E-state index contributed by atoms with van der Waals surface area (Å²) in [6.45, 7) is 12.1. The second-order valence-corrected chi connectivity index (χ2v) is 7.16. The van der Waals surface area contributed by atoms with E-state index in [0.29, 0.717) is 6.04 Å². The summed E-state index contributed by atoms with van der Waals surface area (Å²) in [5.41, 5.74) is 2.42. The van der Waals surface area contributed by atoms with Crippen LogP contribution >= 0.6 is 0 Å². The van der Waals surface area contributed by atoms with E-state index in [-0.39, 0.29) is 6.79 Å². The number of fused-ring (bicyclic) bond motifs is 1. The van der Waals surface area contributed by atoms with Crippen LogP contribution in [0.5, 0.6) is 11.5 Å². The van der Waals surface area contributed by atoms with E-state index in [1.54, 1.807) is 7.11 Å². The number of nitrogens with zero attached hydrogens (tertiary/aromatic N) is 3. The highest BCUT2D eigenvalue weighted by molar-refractivity contribution is 5.64. The first-order valence-electron chi connectivity index (χ1n) is 9.88. The van der Waals surface area contributed by atoms with E-state index in [4.69, 9.17) is 19.3 Å². The highest BCUT2D eigenvalue weighted by atomic mass is 16.7. The molecule has 1 atom stereocenters. The number of hydrogen-bond donors (Lipinski definition) is 0. The first kappa shape index (κ1) is 20.4. The molecule has 0 spiro atoms. The highest BCUT2D eigenvalue weighted by Crippen LogP contribution is 2.35. The molecule has 0 amide bonds. The van der Waals surface area contributed by atoms with Crippen molar-refractivity contribution in [3.05, 3.63) is 48.6 Å². The average Bonchev–Trinajstić information content (AvgIpc) is 3.31. The quantitative estimate of drug-likeness (QED) is 0.432. The monoisotopic (exact) mass is 385 g/mol. The Morgan fingerprint density at radius 1 is 1.21 bits per heavy atom. The van der Waals surface area contributed by atoms with E-state index in [0.717, 1.165) is 57.1 Å². The Hall–Kier alpha value is -2.31. The zero-order chi connectivity index (χ0) is 19.8. The molecule has 6 heteroatoms. The molecule has 0 bridgehead atoms. The van der Waals surface area contributed by atoms with Crippen molar-refractivity contribution >= 4 is 6.21 Å². The Labute approximate surface area is 168 Å². The zero-order valence-corrected chi connectivity index (χ0v) is 16.8. The van der Waals surface area contributed by atoms with Crippen LogP contribution in [0.25, 0.3) is 0 Å². The minimum atomic E-state index is 0.280. The number of benzene rings is 1. The summed E-state index contributed by atoms with van der Waals surface area (Å²) in [4.78, 5) is 2.28. The Kier molecular flexibility index (Phi) is 7.51. The maximum Gasteiger partial charge on any atom is 0.231 e. The van der Waals surface area contributed by atoms with Gasteiger partial charge < -0.3 is 14.2 Å². The van der Waals surface area contributed by atoms with Gasteiger partial charge in [-0.2, -0.15) is 5.10 Å². The van der Waals surface area contributed by atoms with E-state index in [1.165, 1.54) is 17.5 Å². The van der Waals surface area contributed by atoms with Gasteiger partial charge in [-0.3, -0.25) is 9.91 Å². The van der Waals surface area contributed by atoms with Crippen LogP contribution in [0.2, 0.25) is 0 Å². The molecule has 2 heterocycles. The lowest BCUT2D eigenvalue weighted by Gasteiger charge is -2.21. The maximum atomic E-state index is 5.59. The van der Waals surface area contributed by atoms with Crippen LogP contribution in [-0.4, -0.2) is 62.3 Å². The summed E-state index contributed by atoms with van der Waals surface area (Å²) < 4.78 is 16.5. The lowest BCUT2D eigenvalue weighted by atomic mass is 10.0. The van der Waals surface area contributed by atoms with Gasteiger partial charge in [-0.1, -0.05) is 12.2 Å². The third-order valence-corrected chi connectivity index (χ3v) is 5.11. The molecule has 152 valence electrons. The lowest BCUT2D eigenvalue weighted by molar-refractivity contribution is 0.118. The molecule has 1 fully saturated rings. The molecular formula is C22H31N3O3. The van der Waals surface area contributed by atoms with Gasteiger partial charge in [0.25, 0.3) is 0 Å².